The van der Waals surface area contributed by atoms with Gasteiger partial charge in [-0.1, -0.05) is 59.6 Å². The minimum Gasteiger partial charge on any atom is -0.506 e. The summed E-state index contributed by atoms with van der Waals surface area (Å²) in [6.45, 7) is 0. The number of hydrogen-bond donors (Lipinski definition) is 2. The second kappa shape index (κ2) is 6.16. The fourth-order valence-corrected chi connectivity index (χ4v) is 3.53. The molecule has 0 aliphatic carbocycles. The molecule has 2 N–H and O–H groups in total. The first-order chi connectivity index (χ1) is 12.5. The Morgan fingerprint density at radius 1 is 0.962 bits per heavy atom. The largest absolute Gasteiger partial charge is 0.506 e. The van der Waals surface area contributed by atoms with Gasteiger partial charge in [-0.15, -0.1) is 0 Å². The zero-order valence-corrected chi connectivity index (χ0v) is 14.7. The quantitative estimate of drug-likeness (QED) is 0.431. The van der Waals surface area contributed by atoms with E-state index in [0.717, 1.165) is 10.8 Å². The molecule has 4 nitrogen and oxygen atoms in total. The molecule has 0 fully saturated rings. The van der Waals surface area contributed by atoms with Gasteiger partial charge in [-0.25, -0.2) is 9.78 Å². The Morgan fingerprint density at radius 3 is 2.50 bits per heavy atom. The average molecular weight is 384 g/mol. The fraction of sp³-hybridized carbons (Fsp3) is 0. The van der Waals surface area contributed by atoms with Crippen LogP contribution >= 0.6 is 23.2 Å². The number of benzene rings is 3. The maximum Gasteiger partial charge on any atom is 0.336 e. The number of fused-ring (bicyclic) bond motifs is 3. The lowest BCUT2D eigenvalue weighted by molar-refractivity contribution is 0.0699. The van der Waals surface area contributed by atoms with Crippen molar-refractivity contribution in [2.75, 3.05) is 0 Å². The molecule has 1 heterocycles. The molecule has 3 aromatic carbocycles. The van der Waals surface area contributed by atoms with Crippen LogP contribution in [-0.2, 0) is 0 Å². The van der Waals surface area contributed by atoms with Crippen molar-refractivity contribution >= 4 is 50.8 Å². The van der Waals surface area contributed by atoms with Gasteiger partial charge >= 0.3 is 5.97 Å². The normalized spacial score (nSPS) is 11.2. The van der Waals surface area contributed by atoms with Gasteiger partial charge in [0.2, 0.25) is 0 Å². The van der Waals surface area contributed by atoms with Crippen LogP contribution in [-0.4, -0.2) is 21.2 Å². The van der Waals surface area contributed by atoms with Crippen LogP contribution in [0.5, 0.6) is 5.75 Å². The number of hydrogen-bond acceptors (Lipinski definition) is 3. The highest BCUT2D eigenvalue weighted by molar-refractivity contribution is 6.36. The van der Waals surface area contributed by atoms with Crippen molar-refractivity contribution in [2.24, 2.45) is 0 Å². The Balaban J connectivity index is 2.15. The smallest absolute Gasteiger partial charge is 0.336 e. The Kier molecular flexibility index (Phi) is 3.94. The van der Waals surface area contributed by atoms with Crippen molar-refractivity contribution in [2.45, 2.75) is 0 Å². The number of phenolic OH excluding ortho intramolecular Hbond substituents is 1. The maximum atomic E-state index is 11.8. The summed E-state index contributed by atoms with van der Waals surface area (Å²) in [6.07, 6.45) is 0. The fourth-order valence-electron chi connectivity index (χ4n) is 3.04. The van der Waals surface area contributed by atoms with Crippen molar-refractivity contribution in [3.05, 3.63) is 70.2 Å². The Morgan fingerprint density at radius 2 is 1.73 bits per heavy atom. The first kappa shape index (κ1) is 16.6. The molecule has 0 spiro atoms. The highest BCUT2D eigenvalue weighted by Gasteiger charge is 2.18. The van der Waals surface area contributed by atoms with E-state index >= 15 is 0 Å². The number of phenols is 1. The van der Waals surface area contributed by atoms with E-state index < -0.39 is 5.97 Å². The third-order valence-electron chi connectivity index (χ3n) is 4.24. The topological polar surface area (TPSA) is 70.4 Å². The molecule has 26 heavy (non-hydrogen) atoms. The van der Waals surface area contributed by atoms with E-state index in [0.29, 0.717) is 15.9 Å². The Hall–Kier alpha value is -2.82. The molecule has 6 heteroatoms. The van der Waals surface area contributed by atoms with Crippen LogP contribution in [0.3, 0.4) is 0 Å². The summed E-state index contributed by atoms with van der Waals surface area (Å²) in [5, 5.41) is 22.6. The molecule has 0 aliphatic heterocycles. The van der Waals surface area contributed by atoms with Gasteiger partial charge in [-0.2, -0.15) is 0 Å². The van der Waals surface area contributed by atoms with E-state index in [4.69, 9.17) is 23.2 Å². The summed E-state index contributed by atoms with van der Waals surface area (Å²) >= 11 is 12.1. The molecule has 1 aromatic heterocycles. The number of halogens is 2. The van der Waals surface area contributed by atoms with Gasteiger partial charge in [0.05, 0.1) is 21.8 Å². The maximum absolute atomic E-state index is 11.8. The van der Waals surface area contributed by atoms with Crippen molar-refractivity contribution < 1.29 is 15.0 Å². The summed E-state index contributed by atoms with van der Waals surface area (Å²) in [4.78, 5) is 16.4. The van der Waals surface area contributed by atoms with Crippen molar-refractivity contribution in [1.29, 1.82) is 0 Å². The van der Waals surface area contributed by atoms with E-state index in [2.05, 4.69) is 4.98 Å². The number of aromatic hydroxyl groups is 1. The van der Waals surface area contributed by atoms with Crippen LogP contribution in [0, 0.1) is 0 Å². The van der Waals surface area contributed by atoms with Gasteiger partial charge in [0, 0.05) is 21.4 Å². The number of aromatic nitrogens is 1. The molecular weight excluding hydrogens is 373 g/mol. The van der Waals surface area contributed by atoms with Crippen LogP contribution in [0.15, 0.2) is 54.6 Å². The summed E-state index contributed by atoms with van der Waals surface area (Å²) < 4.78 is 0. The summed E-state index contributed by atoms with van der Waals surface area (Å²) in [5.41, 5.74) is 1.19. The van der Waals surface area contributed by atoms with Gasteiger partial charge in [0.1, 0.15) is 5.75 Å². The second-order valence-electron chi connectivity index (χ2n) is 5.83. The van der Waals surface area contributed by atoms with Gasteiger partial charge in [-0.3, -0.25) is 0 Å². The Labute approximate surface area is 158 Å². The molecule has 4 rings (SSSR count). The molecular formula is C20H11Cl2NO3. The summed E-state index contributed by atoms with van der Waals surface area (Å²) in [6, 6.07) is 15.5. The third-order valence-corrected chi connectivity index (χ3v) is 4.74. The summed E-state index contributed by atoms with van der Waals surface area (Å²) in [5.74, 6) is -1.28. The standard InChI is InChI=1S/C20H11Cl2NO3/c21-11-7-15(19(24)16(22)8-11)17-9-14(20(25)26)13-6-5-10-3-1-2-4-12(10)18(13)23-17/h1-9,24H,(H,25,26). The molecule has 128 valence electrons. The first-order valence-electron chi connectivity index (χ1n) is 7.70. The number of carboxylic acid groups (broad SMARTS) is 1. The second-order valence-corrected chi connectivity index (χ2v) is 6.67. The monoisotopic (exact) mass is 383 g/mol. The number of carbonyl (C=O) groups is 1. The lowest BCUT2D eigenvalue weighted by Gasteiger charge is -2.11. The van der Waals surface area contributed by atoms with Crippen LogP contribution in [0.4, 0.5) is 0 Å². The average Bonchev–Trinajstić information content (AvgIpc) is 2.63. The number of carboxylic acids is 1. The van der Waals surface area contributed by atoms with E-state index in [1.165, 1.54) is 18.2 Å². The SMILES string of the molecule is O=C(O)c1cc(-c2cc(Cl)cc(Cl)c2O)nc2c1ccc1ccccc12. The zero-order chi connectivity index (χ0) is 18.4. The van der Waals surface area contributed by atoms with Gasteiger partial charge in [0.25, 0.3) is 0 Å². The van der Waals surface area contributed by atoms with Crippen LogP contribution in [0.2, 0.25) is 10.0 Å². The molecule has 0 saturated carbocycles. The lowest BCUT2D eigenvalue weighted by Crippen LogP contribution is -2.01. The van der Waals surface area contributed by atoms with E-state index in [9.17, 15) is 15.0 Å². The van der Waals surface area contributed by atoms with Gasteiger partial charge in [-0.05, 0) is 23.6 Å². The molecule has 0 bridgehead atoms. The predicted molar refractivity (Wildman–Crippen MR) is 103 cm³/mol. The van der Waals surface area contributed by atoms with Crippen LogP contribution < -0.4 is 0 Å². The Bertz CT molecular complexity index is 1200. The molecule has 0 aliphatic rings. The van der Waals surface area contributed by atoms with Crippen molar-refractivity contribution in [3.63, 3.8) is 0 Å². The molecule has 0 radical (unpaired) electrons. The number of pyridine rings is 1. The molecule has 0 unspecified atom stereocenters. The summed E-state index contributed by atoms with van der Waals surface area (Å²) in [7, 11) is 0. The minimum atomic E-state index is -1.08. The van der Waals surface area contributed by atoms with Crippen molar-refractivity contribution in [1.82, 2.24) is 4.98 Å². The zero-order valence-electron chi connectivity index (χ0n) is 13.2. The minimum absolute atomic E-state index is 0.0733. The van der Waals surface area contributed by atoms with Crippen molar-refractivity contribution in [3.8, 4) is 17.0 Å². The molecule has 0 saturated heterocycles. The lowest BCUT2D eigenvalue weighted by atomic mass is 10.00. The number of aromatic carboxylic acids is 1. The first-order valence-corrected chi connectivity index (χ1v) is 8.45. The van der Waals surface area contributed by atoms with Crippen LogP contribution in [0.1, 0.15) is 10.4 Å². The third kappa shape index (κ3) is 2.64. The van der Waals surface area contributed by atoms with E-state index in [1.807, 2.05) is 30.3 Å². The molecule has 4 aromatic rings. The van der Waals surface area contributed by atoms with Crippen LogP contribution in [0.25, 0.3) is 32.9 Å². The van der Waals surface area contributed by atoms with Gasteiger partial charge < -0.3 is 10.2 Å². The van der Waals surface area contributed by atoms with Gasteiger partial charge in [0.15, 0.2) is 0 Å². The molecule has 0 amide bonds. The van der Waals surface area contributed by atoms with E-state index in [-0.39, 0.29) is 27.6 Å². The number of nitrogens with zero attached hydrogens (tertiary/aromatic N) is 1. The number of rotatable bonds is 2. The highest BCUT2D eigenvalue weighted by Crippen LogP contribution is 2.39. The highest BCUT2D eigenvalue weighted by atomic mass is 35.5. The molecule has 0 atom stereocenters. The van der Waals surface area contributed by atoms with E-state index in [1.54, 1.807) is 6.07 Å². The predicted octanol–water partition coefficient (Wildman–Crippen LogP) is 5.77.